The molecule has 1 atom stereocenters. The maximum Gasteiger partial charge on any atom is 0.261 e. The maximum atomic E-state index is 12.7. The van der Waals surface area contributed by atoms with Crippen molar-refractivity contribution >= 4 is 50.7 Å². The van der Waals surface area contributed by atoms with E-state index in [9.17, 15) is 18.0 Å². The third-order valence-corrected chi connectivity index (χ3v) is 7.06. The molecule has 2 heterocycles. The van der Waals surface area contributed by atoms with Crippen molar-refractivity contribution in [1.82, 2.24) is 4.98 Å². The van der Waals surface area contributed by atoms with Gasteiger partial charge in [-0.2, -0.15) is 0 Å². The van der Waals surface area contributed by atoms with Gasteiger partial charge in [-0.15, -0.1) is 11.8 Å². The van der Waals surface area contributed by atoms with Crippen molar-refractivity contribution < 1.29 is 18.0 Å². The van der Waals surface area contributed by atoms with Crippen LogP contribution in [0.3, 0.4) is 0 Å². The summed E-state index contributed by atoms with van der Waals surface area (Å²) in [5.74, 6) is -0.535. The second kappa shape index (κ2) is 8.40. The molecule has 3 N–H and O–H groups in total. The van der Waals surface area contributed by atoms with Crippen LogP contribution in [0.1, 0.15) is 17.3 Å². The van der Waals surface area contributed by atoms with Crippen molar-refractivity contribution in [3.8, 4) is 0 Å². The molecule has 0 radical (unpaired) electrons. The summed E-state index contributed by atoms with van der Waals surface area (Å²) in [4.78, 5) is 29.3. The normalized spacial score (nSPS) is 15.5. The number of hydrogen-bond donors (Lipinski definition) is 3. The number of nitrogens with one attached hydrogen (secondary N) is 3. The molecule has 1 unspecified atom stereocenters. The molecule has 10 heteroatoms. The average molecular weight is 455 g/mol. The van der Waals surface area contributed by atoms with Crippen molar-refractivity contribution in [3.63, 3.8) is 0 Å². The van der Waals surface area contributed by atoms with Crippen molar-refractivity contribution in [2.75, 3.05) is 15.4 Å². The Kier molecular flexibility index (Phi) is 5.66. The van der Waals surface area contributed by atoms with Crippen molar-refractivity contribution in [2.45, 2.75) is 22.0 Å². The lowest BCUT2D eigenvalue weighted by atomic mass is 10.1. The molecule has 158 valence electrons. The van der Waals surface area contributed by atoms with Gasteiger partial charge in [0, 0.05) is 28.5 Å². The van der Waals surface area contributed by atoms with Crippen molar-refractivity contribution in [2.24, 2.45) is 0 Å². The lowest BCUT2D eigenvalue weighted by Crippen LogP contribution is -2.26. The molecule has 8 nitrogen and oxygen atoms in total. The fraction of sp³-hybridized carbons (Fsp3) is 0.0952. The van der Waals surface area contributed by atoms with Crippen LogP contribution in [-0.2, 0) is 14.8 Å². The maximum absolute atomic E-state index is 12.7. The van der Waals surface area contributed by atoms with Gasteiger partial charge in [0.25, 0.3) is 15.9 Å². The van der Waals surface area contributed by atoms with Crippen LogP contribution in [0.25, 0.3) is 0 Å². The first-order valence-electron chi connectivity index (χ1n) is 9.28. The van der Waals surface area contributed by atoms with E-state index in [1.807, 2.05) is 6.92 Å². The van der Waals surface area contributed by atoms with Crippen LogP contribution in [0.2, 0.25) is 0 Å². The van der Waals surface area contributed by atoms with Gasteiger partial charge in [0.05, 0.1) is 21.5 Å². The Morgan fingerprint density at radius 2 is 1.84 bits per heavy atom. The molecule has 1 aromatic heterocycles. The second-order valence-electron chi connectivity index (χ2n) is 6.78. The predicted octanol–water partition coefficient (Wildman–Crippen LogP) is 3.57. The van der Waals surface area contributed by atoms with Gasteiger partial charge in [-0.3, -0.25) is 19.3 Å². The summed E-state index contributed by atoms with van der Waals surface area (Å²) in [6, 6.07) is 14.1. The highest BCUT2D eigenvalue weighted by Gasteiger charge is 2.24. The van der Waals surface area contributed by atoms with Crippen LogP contribution in [0.5, 0.6) is 0 Å². The summed E-state index contributed by atoms with van der Waals surface area (Å²) < 4.78 is 27.7. The highest BCUT2D eigenvalue weighted by molar-refractivity contribution is 8.01. The van der Waals surface area contributed by atoms with E-state index in [1.165, 1.54) is 48.4 Å². The van der Waals surface area contributed by atoms with Crippen molar-refractivity contribution in [1.29, 1.82) is 0 Å². The molecular formula is C21H18N4O4S2. The van der Waals surface area contributed by atoms with Gasteiger partial charge in [-0.1, -0.05) is 6.07 Å². The number of fused-ring (bicyclic) bond motifs is 1. The number of sulfonamides is 1. The molecular weight excluding hydrogens is 436 g/mol. The van der Waals surface area contributed by atoms with Crippen LogP contribution in [0.4, 0.5) is 17.1 Å². The zero-order valence-electron chi connectivity index (χ0n) is 16.3. The number of pyridine rings is 1. The van der Waals surface area contributed by atoms with Crippen LogP contribution in [0, 0.1) is 0 Å². The van der Waals surface area contributed by atoms with Gasteiger partial charge in [-0.05, 0) is 55.5 Å². The summed E-state index contributed by atoms with van der Waals surface area (Å²) in [5, 5.41) is 5.29. The fourth-order valence-corrected chi connectivity index (χ4v) is 4.96. The number of hydrogen-bond acceptors (Lipinski definition) is 6. The molecule has 2 aromatic carbocycles. The number of carbonyl (C=O) groups is 2. The summed E-state index contributed by atoms with van der Waals surface area (Å²) >= 11 is 1.43. The topological polar surface area (TPSA) is 117 Å². The molecule has 0 fully saturated rings. The average Bonchev–Trinajstić information content (AvgIpc) is 2.75. The van der Waals surface area contributed by atoms with E-state index in [0.29, 0.717) is 22.6 Å². The minimum Gasteiger partial charge on any atom is -0.324 e. The lowest BCUT2D eigenvalue weighted by molar-refractivity contribution is -0.115. The predicted molar refractivity (Wildman–Crippen MR) is 120 cm³/mol. The Labute approximate surface area is 183 Å². The Balaban J connectivity index is 1.52. The zero-order valence-corrected chi connectivity index (χ0v) is 18.0. The molecule has 31 heavy (non-hydrogen) atoms. The van der Waals surface area contributed by atoms with Gasteiger partial charge in [0.2, 0.25) is 5.91 Å². The number of benzene rings is 2. The number of carbonyl (C=O) groups excluding carboxylic acids is 2. The number of anilines is 3. The van der Waals surface area contributed by atoms with Gasteiger partial charge in [-0.25, -0.2) is 8.42 Å². The van der Waals surface area contributed by atoms with E-state index < -0.39 is 15.9 Å². The van der Waals surface area contributed by atoms with Gasteiger partial charge in [0.15, 0.2) is 0 Å². The Morgan fingerprint density at radius 3 is 2.61 bits per heavy atom. The van der Waals surface area contributed by atoms with E-state index in [0.717, 1.165) is 4.90 Å². The summed E-state index contributed by atoms with van der Waals surface area (Å²) in [5.41, 5.74) is 1.64. The summed E-state index contributed by atoms with van der Waals surface area (Å²) in [7, 11) is -3.84. The van der Waals surface area contributed by atoms with E-state index >= 15 is 0 Å². The first-order valence-corrected chi connectivity index (χ1v) is 11.6. The molecule has 2 amide bonds. The standard InChI is InChI=1S/C21H18N4O4S2/c1-13-20(26)24-18-11-14(5-6-19(18)30-13)21(27)23-16-3-2-4-17(12-16)31(28,29)25-15-7-9-22-10-8-15/h2-13H,1H3,(H,22,25)(H,23,27)(H,24,26). The number of aromatic nitrogens is 1. The molecule has 0 aliphatic carbocycles. The van der Waals surface area contributed by atoms with Crippen LogP contribution < -0.4 is 15.4 Å². The van der Waals surface area contributed by atoms with Crippen molar-refractivity contribution in [3.05, 3.63) is 72.6 Å². The molecule has 1 aliphatic rings. The number of amides is 2. The second-order valence-corrected chi connectivity index (χ2v) is 9.85. The van der Waals surface area contributed by atoms with Gasteiger partial charge < -0.3 is 10.6 Å². The van der Waals surface area contributed by atoms with Gasteiger partial charge in [0.1, 0.15) is 0 Å². The highest BCUT2D eigenvalue weighted by atomic mass is 32.2. The van der Waals surface area contributed by atoms with E-state index in [-0.39, 0.29) is 16.1 Å². The Bertz CT molecular complexity index is 1260. The van der Waals surface area contributed by atoms with Gasteiger partial charge >= 0.3 is 0 Å². The van der Waals surface area contributed by atoms with E-state index in [1.54, 1.807) is 30.3 Å². The minimum atomic E-state index is -3.84. The fourth-order valence-electron chi connectivity index (χ4n) is 2.93. The number of rotatable bonds is 5. The van der Waals surface area contributed by atoms with E-state index in [4.69, 9.17) is 0 Å². The highest BCUT2D eigenvalue weighted by Crippen LogP contribution is 2.36. The molecule has 0 bridgehead atoms. The van der Waals surface area contributed by atoms with Crippen LogP contribution in [-0.4, -0.2) is 30.5 Å². The monoisotopic (exact) mass is 454 g/mol. The quantitative estimate of drug-likeness (QED) is 0.543. The number of nitrogens with zero attached hydrogens (tertiary/aromatic N) is 1. The molecule has 0 saturated heterocycles. The van der Waals surface area contributed by atoms with Crippen LogP contribution >= 0.6 is 11.8 Å². The lowest BCUT2D eigenvalue weighted by Gasteiger charge is -2.21. The zero-order chi connectivity index (χ0) is 22.0. The molecule has 0 spiro atoms. The van der Waals surface area contributed by atoms with E-state index in [2.05, 4.69) is 20.3 Å². The first kappa shape index (κ1) is 20.9. The Hall–Kier alpha value is -3.37. The molecule has 0 saturated carbocycles. The molecule has 1 aliphatic heterocycles. The van der Waals surface area contributed by atoms with Crippen LogP contribution in [0.15, 0.2) is 76.8 Å². The number of thioether (sulfide) groups is 1. The first-order chi connectivity index (χ1) is 14.8. The molecule has 4 rings (SSSR count). The smallest absolute Gasteiger partial charge is 0.261 e. The third-order valence-electron chi connectivity index (χ3n) is 4.51. The summed E-state index contributed by atoms with van der Waals surface area (Å²) in [6.07, 6.45) is 2.96. The largest absolute Gasteiger partial charge is 0.324 e. The molecule has 3 aromatic rings. The Morgan fingerprint density at radius 1 is 1.06 bits per heavy atom. The third kappa shape index (κ3) is 4.70. The summed E-state index contributed by atoms with van der Waals surface area (Å²) in [6.45, 7) is 1.81. The SMILES string of the molecule is CC1Sc2ccc(C(=O)Nc3cccc(S(=O)(=O)Nc4ccncc4)c3)cc2NC1=O. The minimum absolute atomic E-state index is 0.00482.